The van der Waals surface area contributed by atoms with Gasteiger partial charge in [-0.15, -0.1) is 0 Å². The predicted octanol–water partition coefficient (Wildman–Crippen LogP) is 5.53. The Bertz CT molecular complexity index is 1200. The van der Waals surface area contributed by atoms with Crippen molar-refractivity contribution in [2.24, 2.45) is 0 Å². The van der Waals surface area contributed by atoms with E-state index in [9.17, 15) is 18.0 Å². The lowest BCUT2D eigenvalue weighted by atomic mass is 10.0. The molecule has 1 N–H and O–H groups in total. The van der Waals surface area contributed by atoms with E-state index in [0.29, 0.717) is 26.3 Å². The molecule has 8 heteroatoms. The summed E-state index contributed by atoms with van der Waals surface area (Å²) in [7, 11) is -3.51. The lowest BCUT2D eigenvalue weighted by Crippen LogP contribution is -2.16. The normalized spacial score (nSPS) is 11.2. The summed E-state index contributed by atoms with van der Waals surface area (Å²) >= 11 is 9.15. The van der Waals surface area contributed by atoms with Crippen LogP contribution in [-0.2, 0) is 14.6 Å². The molecule has 1 amide bonds. The van der Waals surface area contributed by atoms with Crippen LogP contribution in [0.3, 0.4) is 0 Å². The number of halogens is 2. The molecular formula is C23H19BrClNO4S. The maximum Gasteiger partial charge on any atom is 0.224 e. The molecule has 31 heavy (non-hydrogen) atoms. The molecule has 0 aliphatic rings. The molecule has 0 aliphatic heterocycles. The number of ketones is 1. The minimum atomic E-state index is -3.51. The first-order chi connectivity index (χ1) is 14.8. The highest BCUT2D eigenvalue weighted by molar-refractivity contribution is 9.10. The summed E-state index contributed by atoms with van der Waals surface area (Å²) in [6, 6.07) is 19.7. The second kappa shape index (κ2) is 10.2. The Morgan fingerprint density at radius 3 is 2.29 bits per heavy atom. The fraction of sp³-hybridized carbons (Fsp3) is 0.130. The minimum Gasteiger partial charge on any atom is -0.325 e. The molecule has 3 rings (SSSR count). The van der Waals surface area contributed by atoms with Crippen molar-refractivity contribution in [2.45, 2.75) is 17.7 Å². The van der Waals surface area contributed by atoms with Crippen molar-refractivity contribution < 1.29 is 18.0 Å². The van der Waals surface area contributed by atoms with Crippen LogP contribution in [0.4, 0.5) is 5.69 Å². The molecule has 0 radical (unpaired) electrons. The highest BCUT2D eigenvalue weighted by atomic mass is 79.9. The van der Waals surface area contributed by atoms with Gasteiger partial charge in [0.2, 0.25) is 5.91 Å². The number of sulfone groups is 1. The predicted molar refractivity (Wildman–Crippen MR) is 125 cm³/mol. The number of rotatable bonds is 8. The van der Waals surface area contributed by atoms with E-state index >= 15 is 0 Å². The topological polar surface area (TPSA) is 80.3 Å². The zero-order chi connectivity index (χ0) is 22.4. The molecule has 5 nitrogen and oxygen atoms in total. The molecule has 160 valence electrons. The summed E-state index contributed by atoms with van der Waals surface area (Å²) in [5.41, 5.74) is 1.23. The number of benzene rings is 3. The van der Waals surface area contributed by atoms with Gasteiger partial charge in [0.15, 0.2) is 15.6 Å². The summed E-state index contributed by atoms with van der Waals surface area (Å²) in [6.45, 7) is 0. The Balaban J connectivity index is 1.66. The molecule has 0 unspecified atom stereocenters. The van der Waals surface area contributed by atoms with E-state index in [-0.39, 0.29) is 35.2 Å². The van der Waals surface area contributed by atoms with E-state index < -0.39 is 9.84 Å². The highest BCUT2D eigenvalue weighted by Crippen LogP contribution is 2.24. The molecule has 0 saturated carbocycles. The van der Waals surface area contributed by atoms with Gasteiger partial charge in [0.25, 0.3) is 0 Å². The molecule has 3 aromatic rings. The Hall–Kier alpha value is -2.48. The molecular weight excluding hydrogens is 502 g/mol. The van der Waals surface area contributed by atoms with E-state index in [1.54, 1.807) is 42.5 Å². The van der Waals surface area contributed by atoms with Crippen molar-refractivity contribution in [3.63, 3.8) is 0 Å². The summed E-state index contributed by atoms with van der Waals surface area (Å²) in [6.07, 6.45) is 0.150. The molecule has 0 atom stereocenters. The van der Waals surface area contributed by atoms with Crippen LogP contribution in [-0.4, -0.2) is 25.9 Å². The van der Waals surface area contributed by atoms with Crippen LogP contribution in [0.2, 0.25) is 5.02 Å². The Morgan fingerprint density at radius 1 is 0.935 bits per heavy atom. The molecule has 0 spiro atoms. The maximum atomic E-state index is 12.9. The number of carbonyl (C=O) groups excluding carboxylic acids is 2. The minimum absolute atomic E-state index is 0.00184. The smallest absolute Gasteiger partial charge is 0.224 e. The van der Waals surface area contributed by atoms with Gasteiger partial charge in [-0.3, -0.25) is 9.59 Å². The van der Waals surface area contributed by atoms with Crippen molar-refractivity contribution in [1.29, 1.82) is 0 Å². The van der Waals surface area contributed by atoms with Crippen molar-refractivity contribution in [1.82, 2.24) is 0 Å². The van der Waals surface area contributed by atoms with Crippen molar-refractivity contribution in [3.8, 4) is 0 Å². The average molecular weight is 521 g/mol. The molecule has 3 aromatic carbocycles. The zero-order valence-electron chi connectivity index (χ0n) is 16.3. The number of carbonyl (C=O) groups is 2. The van der Waals surface area contributed by atoms with Crippen molar-refractivity contribution in [2.75, 3.05) is 11.1 Å². The quantitative estimate of drug-likeness (QED) is 0.396. The SMILES string of the molecule is O=C(CCCS(=O)(=O)c1ccc(Cl)cc1)Nc1ccc(Br)cc1C(=O)c1ccccc1. The summed E-state index contributed by atoms with van der Waals surface area (Å²) in [5.74, 6) is -0.753. The fourth-order valence-corrected chi connectivity index (χ4v) is 4.75. The van der Waals surface area contributed by atoms with E-state index in [1.807, 2.05) is 6.07 Å². The molecule has 0 fully saturated rings. The van der Waals surface area contributed by atoms with E-state index in [2.05, 4.69) is 21.2 Å². The Labute approximate surface area is 194 Å². The summed E-state index contributed by atoms with van der Waals surface area (Å²) < 4.78 is 25.5. The van der Waals surface area contributed by atoms with E-state index in [1.165, 1.54) is 24.3 Å². The van der Waals surface area contributed by atoms with Crippen molar-refractivity contribution >= 4 is 54.7 Å². The summed E-state index contributed by atoms with van der Waals surface area (Å²) in [5, 5.41) is 3.18. The summed E-state index contributed by atoms with van der Waals surface area (Å²) in [4.78, 5) is 25.5. The van der Waals surface area contributed by atoms with Gasteiger partial charge in [-0.1, -0.05) is 57.9 Å². The third-order valence-corrected chi connectivity index (χ3v) is 7.09. The maximum absolute atomic E-state index is 12.9. The van der Waals surface area contributed by atoms with Crippen LogP contribution < -0.4 is 5.32 Å². The number of hydrogen-bond acceptors (Lipinski definition) is 4. The van der Waals surface area contributed by atoms with E-state index in [4.69, 9.17) is 11.6 Å². The largest absolute Gasteiger partial charge is 0.325 e. The third kappa shape index (κ3) is 6.26. The first-order valence-corrected chi connectivity index (χ1v) is 12.3. The van der Waals surface area contributed by atoms with Crippen molar-refractivity contribution in [3.05, 3.63) is 93.4 Å². The second-order valence-electron chi connectivity index (χ2n) is 6.81. The average Bonchev–Trinajstić information content (AvgIpc) is 2.75. The van der Waals surface area contributed by atoms with Gasteiger partial charge in [-0.25, -0.2) is 8.42 Å². The first-order valence-electron chi connectivity index (χ1n) is 9.44. The number of amides is 1. The standard InChI is InChI=1S/C23H19BrClNO4S/c24-17-8-13-21(20(15-17)23(28)16-5-2-1-3-6-16)26-22(27)7-4-14-31(29,30)19-11-9-18(25)10-12-19/h1-3,5-6,8-13,15H,4,7,14H2,(H,26,27). The molecule has 0 saturated heterocycles. The van der Waals surface area contributed by atoms with Crippen LogP contribution in [0.15, 0.2) is 82.2 Å². The van der Waals surface area contributed by atoms with Crippen LogP contribution >= 0.6 is 27.5 Å². The molecule has 0 aromatic heterocycles. The van der Waals surface area contributed by atoms with Gasteiger partial charge in [-0.2, -0.15) is 0 Å². The first kappa shape index (κ1) is 23.2. The van der Waals surface area contributed by atoms with Gasteiger partial charge in [0.1, 0.15) is 0 Å². The number of anilines is 1. The lowest BCUT2D eigenvalue weighted by Gasteiger charge is -2.11. The monoisotopic (exact) mass is 519 g/mol. The van der Waals surface area contributed by atoms with Crippen LogP contribution in [0.1, 0.15) is 28.8 Å². The van der Waals surface area contributed by atoms with Gasteiger partial charge < -0.3 is 5.32 Å². The Kier molecular flexibility index (Phi) is 7.64. The van der Waals surface area contributed by atoms with Crippen LogP contribution in [0.5, 0.6) is 0 Å². The molecule has 0 aliphatic carbocycles. The van der Waals surface area contributed by atoms with Crippen LogP contribution in [0, 0.1) is 0 Å². The van der Waals surface area contributed by atoms with Crippen LogP contribution in [0.25, 0.3) is 0 Å². The van der Waals surface area contributed by atoms with Gasteiger partial charge >= 0.3 is 0 Å². The number of hydrogen-bond donors (Lipinski definition) is 1. The number of nitrogens with one attached hydrogen (secondary N) is 1. The van der Waals surface area contributed by atoms with E-state index in [0.717, 1.165) is 0 Å². The van der Waals surface area contributed by atoms with Gasteiger partial charge in [-0.05, 0) is 48.9 Å². The zero-order valence-corrected chi connectivity index (χ0v) is 19.5. The highest BCUT2D eigenvalue weighted by Gasteiger charge is 2.18. The van der Waals surface area contributed by atoms with Gasteiger partial charge in [0, 0.05) is 27.0 Å². The third-order valence-electron chi connectivity index (χ3n) is 4.53. The van der Waals surface area contributed by atoms with Gasteiger partial charge in [0.05, 0.1) is 16.3 Å². The molecule has 0 heterocycles. The second-order valence-corrected chi connectivity index (χ2v) is 10.3. The molecule has 0 bridgehead atoms. The lowest BCUT2D eigenvalue weighted by molar-refractivity contribution is -0.116. The fourth-order valence-electron chi connectivity index (χ4n) is 2.95. The Morgan fingerprint density at radius 2 is 1.61 bits per heavy atom.